The second-order valence-electron chi connectivity index (χ2n) is 5.56. The summed E-state index contributed by atoms with van der Waals surface area (Å²) >= 11 is 0. The summed E-state index contributed by atoms with van der Waals surface area (Å²) in [4.78, 5) is 6.78. The summed E-state index contributed by atoms with van der Waals surface area (Å²) in [5.74, 6) is 0.627. The van der Waals surface area contributed by atoms with Gasteiger partial charge in [0, 0.05) is 19.1 Å². The second-order valence-corrected chi connectivity index (χ2v) is 5.56. The highest BCUT2D eigenvalue weighted by Crippen LogP contribution is 2.17. The maximum Gasteiger partial charge on any atom is 0.189 e. The predicted octanol–water partition coefficient (Wildman–Crippen LogP) is 1.49. The van der Waals surface area contributed by atoms with Gasteiger partial charge < -0.3 is 16.0 Å². The number of rotatable bonds is 3. The van der Waals surface area contributed by atoms with Gasteiger partial charge >= 0.3 is 0 Å². The van der Waals surface area contributed by atoms with Gasteiger partial charge in [0.2, 0.25) is 0 Å². The molecule has 3 N–H and O–H groups in total. The molecule has 0 unspecified atom stereocenters. The van der Waals surface area contributed by atoms with Crippen molar-refractivity contribution in [3.63, 3.8) is 0 Å². The molecule has 1 aliphatic carbocycles. The molecular weight excluding hydrogens is 224 g/mol. The minimum atomic E-state index is 0.550. The third-order valence-corrected chi connectivity index (χ3v) is 3.92. The molecule has 1 fully saturated rings. The Balaban J connectivity index is 1.74. The fraction of sp³-hybridized carbons (Fsp3) is 0.786. The molecule has 0 amide bonds. The lowest BCUT2D eigenvalue weighted by atomic mass is 9.96. The van der Waals surface area contributed by atoms with Crippen LogP contribution in [0.1, 0.15) is 38.5 Å². The van der Waals surface area contributed by atoms with E-state index in [2.05, 4.69) is 28.3 Å². The number of nitrogens with zero attached hydrogens (tertiary/aromatic N) is 2. The summed E-state index contributed by atoms with van der Waals surface area (Å²) in [6.45, 7) is 2.94. The fourth-order valence-corrected chi connectivity index (χ4v) is 2.64. The van der Waals surface area contributed by atoms with Crippen LogP contribution in [0, 0.1) is 0 Å². The van der Waals surface area contributed by atoms with E-state index in [0.717, 1.165) is 26.1 Å². The van der Waals surface area contributed by atoms with Crippen molar-refractivity contribution >= 4 is 5.96 Å². The highest BCUT2D eigenvalue weighted by Gasteiger charge is 2.13. The molecule has 18 heavy (non-hydrogen) atoms. The normalized spacial score (nSPS) is 23.8. The maximum atomic E-state index is 5.95. The summed E-state index contributed by atoms with van der Waals surface area (Å²) in [6.07, 6.45) is 9.89. The molecule has 0 aromatic heterocycles. The molecule has 0 aromatic carbocycles. The van der Waals surface area contributed by atoms with Gasteiger partial charge in [-0.25, -0.2) is 4.99 Å². The van der Waals surface area contributed by atoms with E-state index >= 15 is 0 Å². The van der Waals surface area contributed by atoms with Gasteiger partial charge in [0.05, 0.1) is 6.54 Å². The van der Waals surface area contributed by atoms with Gasteiger partial charge in [0.15, 0.2) is 5.96 Å². The molecular formula is C14H26N4. The van der Waals surface area contributed by atoms with E-state index in [4.69, 9.17) is 5.73 Å². The molecule has 2 aliphatic rings. The van der Waals surface area contributed by atoms with Gasteiger partial charge in [-0.15, -0.1) is 0 Å². The lowest BCUT2D eigenvalue weighted by Crippen LogP contribution is -2.41. The number of nitrogens with two attached hydrogens (primary N) is 1. The summed E-state index contributed by atoms with van der Waals surface area (Å²) in [5, 5.41) is 3.36. The topological polar surface area (TPSA) is 53.6 Å². The number of guanidine groups is 1. The second kappa shape index (κ2) is 6.78. The standard InChI is InChI=1S/C14H26N4/c1-18-9-7-12(8-10-18)11-16-14(15)17-13-5-3-2-4-6-13/h7,13H,2-6,8-11H2,1H3,(H3,15,16,17). The molecule has 2 rings (SSSR count). The Hall–Kier alpha value is -1.03. The van der Waals surface area contributed by atoms with Crippen molar-refractivity contribution in [2.45, 2.75) is 44.6 Å². The van der Waals surface area contributed by atoms with E-state index in [1.807, 2.05) is 0 Å². The monoisotopic (exact) mass is 250 g/mol. The zero-order valence-corrected chi connectivity index (χ0v) is 11.5. The van der Waals surface area contributed by atoms with Crippen LogP contribution in [0.15, 0.2) is 16.6 Å². The minimum absolute atomic E-state index is 0.550. The molecule has 1 aliphatic heterocycles. The van der Waals surface area contributed by atoms with Gasteiger partial charge in [0.1, 0.15) is 0 Å². The van der Waals surface area contributed by atoms with Crippen LogP contribution in [0.4, 0.5) is 0 Å². The Bertz CT molecular complexity index is 316. The minimum Gasteiger partial charge on any atom is -0.370 e. The van der Waals surface area contributed by atoms with Crippen LogP contribution in [0.2, 0.25) is 0 Å². The number of aliphatic imine (C=N–C) groups is 1. The lowest BCUT2D eigenvalue weighted by Gasteiger charge is -2.23. The van der Waals surface area contributed by atoms with Gasteiger partial charge in [-0.1, -0.05) is 30.9 Å². The first-order chi connectivity index (χ1) is 8.74. The van der Waals surface area contributed by atoms with Crippen LogP contribution in [0.5, 0.6) is 0 Å². The number of nitrogens with one attached hydrogen (secondary N) is 1. The Labute approximate surface area is 110 Å². The number of likely N-dealkylation sites (N-methyl/N-ethyl adjacent to an activating group) is 1. The van der Waals surface area contributed by atoms with Gasteiger partial charge in [-0.3, -0.25) is 0 Å². The summed E-state index contributed by atoms with van der Waals surface area (Å²) in [7, 11) is 2.15. The number of hydrogen-bond acceptors (Lipinski definition) is 2. The highest BCUT2D eigenvalue weighted by atomic mass is 15.1. The molecule has 0 atom stereocenters. The lowest BCUT2D eigenvalue weighted by molar-refractivity contribution is 0.358. The maximum absolute atomic E-state index is 5.95. The van der Waals surface area contributed by atoms with Crippen LogP contribution in [0.3, 0.4) is 0 Å². The largest absolute Gasteiger partial charge is 0.370 e. The first kappa shape index (κ1) is 13.4. The van der Waals surface area contributed by atoms with E-state index in [1.54, 1.807) is 0 Å². The van der Waals surface area contributed by atoms with Gasteiger partial charge in [-0.05, 0) is 26.3 Å². The zero-order valence-electron chi connectivity index (χ0n) is 11.5. The van der Waals surface area contributed by atoms with Crippen LogP contribution in [-0.4, -0.2) is 43.6 Å². The van der Waals surface area contributed by atoms with Crippen LogP contribution in [-0.2, 0) is 0 Å². The van der Waals surface area contributed by atoms with E-state index < -0.39 is 0 Å². The van der Waals surface area contributed by atoms with Crippen molar-refractivity contribution in [2.75, 3.05) is 26.7 Å². The van der Waals surface area contributed by atoms with Crippen molar-refractivity contribution in [1.82, 2.24) is 10.2 Å². The van der Waals surface area contributed by atoms with Crippen molar-refractivity contribution in [3.8, 4) is 0 Å². The van der Waals surface area contributed by atoms with E-state index in [9.17, 15) is 0 Å². The molecule has 0 saturated heterocycles. The van der Waals surface area contributed by atoms with Crippen molar-refractivity contribution in [3.05, 3.63) is 11.6 Å². The molecule has 4 nitrogen and oxygen atoms in total. The molecule has 0 bridgehead atoms. The SMILES string of the molecule is CN1CC=C(CN=C(N)NC2CCCCC2)CC1. The van der Waals surface area contributed by atoms with Gasteiger partial charge in [0.25, 0.3) is 0 Å². The van der Waals surface area contributed by atoms with Crippen LogP contribution >= 0.6 is 0 Å². The first-order valence-electron chi connectivity index (χ1n) is 7.17. The van der Waals surface area contributed by atoms with Crippen LogP contribution in [0.25, 0.3) is 0 Å². The van der Waals surface area contributed by atoms with Gasteiger partial charge in [-0.2, -0.15) is 0 Å². The van der Waals surface area contributed by atoms with E-state index in [0.29, 0.717) is 12.0 Å². The third-order valence-electron chi connectivity index (χ3n) is 3.92. The smallest absolute Gasteiger partial charge is 0.189 e. The van der Waals surface area contributed by atoms with E-state index in [-0.39, 0.29) is 0 Å². The Morgan fingerprint density at radius 1 is 1.44 bits per heavy atom. The Kier molecular flexibility index (Phi) is 5.05. The third kappa shape index (κ3) is 4.33. The van der Waals surface area contributed by atoms with Crippen molar-refractivity contribution < 1.29 is 0 Å². The molecule has 1 saturated carbocycles. The summed E-state index contributed by atoms with van der Waals surface area (Å²) in [5.41, 5.74) is 7.37. The highest BCUT2D eigenvalue weighted by molar-refractivity contribution is 5.78. The van der Waals surface area contributed by atoms with Crippen LogP contribution < -0.4 is 11.1 Å². The van der Waals surface area contributed by atoms with Crippen molar-refractivity contribution in [1.29, 1.82) is 0 Å². The molecule has 102 valence electrons. The number of hydrogen-bond donors (Lipinski definition) is 2. The molecule has 0 radical (unpaired) electrons. The Morgan fingerprint density at radius 3 is 2.89 bits per heavy atom. The average molecular weight is 250 g/mol. The average Bonchev–Trinajstić information content (AvgIpc) is 2.39. The Morgan fingerprint density at radius 2 is 2.22 bits per heavy atom. The molecule has 1 heterocycles. The first-order valence-corrected chi connectivity index (χ1v) is 7.17. The quantitative estimate of drug-likeness (QED) is 0.453. The molecule has 4 heteroatoms. The predicted molar refractivity (Wildman–Crippen MR) is 76.7 cm³/mol. The summed E-state index contributed by atoms with van der Waals surface area (Å²) < 4.78 is 0. The fourth-order valence-electron chi connectivity index (χ4n) is 2.64. The van der Waals surface area contributed by atoms with Crippen molar-refractivity contribution in [2.24, 2.45) is 10.7 Å². The zero-order chi connectivity index (χ0) is 12.8. The molecule has 0 spiro atoms. The van der Waals surface area contributed by atoms with E-state index in [1.165, 1.54) is 37.7 Å². The summed E-state index contributed by atoms with van der Waals surface area (Å²) in [6, 6.07) is 0.550. The molecule has 0 aromatic rings.